The number of rotatable bonds is 18. The number of hydrogen-bond acceptors (Lipinski definition) is 24. The highest BCUT2D eigenvalue weighted by atomic mass is 32.2. The molecule has 3 fully saturated rings. The zero-order valence-electron chi connectivity index (χ0n) is 54.3. The van der Waals surface area contributed by atoms with Gasteiger partial charge in [0.2, 0.25) is 27.9 Å². The van der Waals surface area contributed by atoms with Crippen molar-refractivity contribution in [3.05, 3.63) is 168 Å². The number of hydrogen-bond donors (Lipinski definition) is 3. The number of morpholine rings is 1. The Morgan fingerprint density at radius 1 is 0.556 bits per heavy atom. The molecule has 99 heavy (non-hydrogen) atoms. The fourth-order valence-corrected chi connectivity index (χ4v) is 17.2. The quantitative estimate of drug-likeness (QED) is 0.0718. The van der Waals surface area contributed by atoms with Crippen LogP contribution in [0.3, 0.4) is 0 Å². The lowest BCUT2D eigenvalue weighted by atomic mass is 9.89. The number of fused-ring (bicyclic) bond motifs is 3. The summed E-state index contributed by atoms with van der Waals surface area (Å²) in [4.78, 5) is 30.9. The van der Waals surface area contributed by atoms with Gasteiger partial charge < -0.3 is 30.3 Å². The molecule has 12 aromatic rings. The maximum atomic E-state index is 12.8. The van der Waals surface area contributed by atoms with E-state index in [0.717, 1.165) is 102 Å². The zero-order valence-corrected chi connectivity index (χ0v) is 58.4. The zero-order chi connectivity index (χ0) is 68.9. The second kappa shape index (κ2) is 28.4. The molecule has 3 aliphatic rings. The lowest BCUT2D eigenvalue weighted by Crippen LogP contribution is -2.64. The standard InChI is InChI=1S/C27H30N4O3S2.C23H20N8O2S2.C20H16N6OS/c1-27(2,3)18-36(32,33)22-10-4-19(5-11-22)24-25-23(12-17-35-25)29-26(30-24)28-20-6-8-21(9-7-20)31-13-15-34-16-14-31;1-2-35(32,33)30-14-23(15-30,8-9-24)31-13-17(12-26-31)20-21-19(7-10-34-21)28-22(29-20)27-18-5-3-16(11-25)4-6-18;21-8-7-20(12-27-13-20)26-11-14(10-22-26)17-18-16(6-9-28-18)24-19(25-17)23-15-4-2-1-3-5-15/h4-12,17H,13-16,18H2,1-3H3,(H,28,29,30);3-7,10,12-13H,2,8,14-15H2,1H3,(H,27,28,29);1-6,9-11H,7,12-13H2,(H,23,24,25). The molecule has 0 aliphatic carbocycles. The van der Waals surface area contributed by atoms with Gasteiger partial charge in [0.25, 0.3) is 0 Å². The van der Waals surface area contributed by atoms with Crippen molar-refractivity contribution >= 4 is 125 Å². The van der Waals surface area contributed by atoms with Gasteiger partial charge in [-0.3, -0.25) is 9.36 Å². The summed E-state index contributed by atoms with van der Waals surface area (Å²) < 4.78 is 68.7. The summed E-state index contributed by atoms with van der Waals surface area (Å²) in [5.74, 6) is 1.56. The third kappa shape index (κ3) is 14.9. The molecule has 3 saturated heterocycles. The average Bonchev–Trinajstić information content (AvgIpc) is 1.73. The Labute approximate surface area is 583 Å². The molecule has 0 unspecified atom stereocenters. The average molecular weight is 1420 g/mol. The smallest absolute Gasteiger partial charge is 0.228 e. The Balaban J connectivity index is 0.000000134. The molecule has 502 valence electrons. The maximum Gasteiger partial charge on any atom is 0.228 e. The highest BCUT2D eigenvalue weighted by Crippen LogP contribution is 2.40. The predicted octanol–water partition coefficient (Wildman–Crippen LogP) is 13.1. The van der Waals surface area contributed by atoms with E-state index < -0.39 is 25.4 Å². The van der Waals surface area contributed by atoms with Crippen LogP contribution < -0.4 is 20.9 Å². The minimum atomic E-state index is -3.36. The summed E-state index contributed by atoms with van der Waals surface area (Å²) in [5, 5.41) is 52.3. The molecule has 0 radical (unpaired) electrons. The van der Waals surface area contributed by atoms with Crippen LogP contribution in [0.5, 0.6) is 0 Å². The molecule has 0 spiro atoms. The molecule has 3 aliphatic heterocycles. The van der Waals surface area contributed by atoms with Gasteiger partial charge in [-0.25, -0.2) is 46.7 Å². The Morgan fingerprint density at radius 3 is 1.47 bits per heavy atom. The summed E-state index contributed by atoms with van der Waals surface area (Å²) in [6.45, 7) is 12.1. The highest BCUT2D eigenvalue weighted by Gasteiger charge is 2.50. The molecular formula is C70H66N18O6S5. The predicted molar refractivity (Wildman–Crippen MR) is 387 cm³/mol. The third-order valence-electron chi connectivity index (χ3n) is 16.8. The van der Waals surface area contributed by atoms with Gasteiger partial charge in [0.15, 0.2) is 9.84 Å². The number of para-hydroxylation sites is 1. The van der Waals surface area contributed by atoms with Gasteiger partial charge in [0.1, 0.15) is 11.1 Å². The van der Waals surface area contributed by atoms with Crippen molar-refractivity contribution in [2.45, 2.75) is 56.5 Å². The monoisotopic (exact) mass is 1410 g/mol. The number of sulfonamides is 1. The maximum absolute atomic E-state index is 12.8. The Kier molecular flexibility index (Phi) is 19.3. The van der Waals surface area contributed by atoms with Gasteiger partial charge in [-0.1, -0.05) is 51.1 Å². The first-order valence-corrected chi connectivity index (χ1v) is 37.5. The second-order valence-corrected chi connectivity index (χ2v) is 32.1. The Morgan fingerprint density at radius 2 is 1.02 bits per heavy atom. The van der Waals surface area contributed by atoms with Crippen LogP contribution in [0.15, 0.2) is 167 Å². The van der Waals surface area contributed by atoms with Gasteiger partial charge in [0, 0.05) is 78.0 Å². The molecule has 15 rings (SSSR count). The van der Waals surface area contributed by atoms with E-state index in [9.17, 15) is 22.1 Å². The van der Waals surface area contributed by atoms with E-state index in [1.54, 1.807) is 83.1 Å². The molecule has 8 aromatic heterocycles. The number of thiophene rings is 3. The fraction of sp³-hybridized carbons (Fsp3) is 0.271. The summed E-state index contributed by atoms with van der Waals surface area (Å²) in [6.07, 6.45) is 7.77. The number of aromatic nitrogens is 10. The van der Waals surface area contributed by atoms with Crippen LogP contribution in [-0.4, -0.2) is 135 Å². The van der Waals surface area contributed by atoms with E-state index in [1.807, 2.05) is 127 Å². The number of nitrogens with one attached hydrogen (secondary N) is 3. The van der Waals surface area contributed by atoms with E-state index in [2.05, 4.69) is 71.4 Å². The molecular weight excluding hydrogens is 1350 g/mol. The van der Waals surface area contributed by atoms with Gasteiger partial charge in [0.05, 0.1) is 140 Å². The lowest BCUT2D eigenvalue weighted by Gasteiger charge is -2.47. The molecule has 29 heteroatoms. The molecule has 24 nitrogen and oxygen atoms in total. The van der Waals surface area contributed by atoms with Crippen molar-refractivity contribution < 1.29 is 26.3 Å². The number of ether oxygens (including phenoxy) is 2. The van der Waals surface area contributed by atoms with Crippen LogP contribution in [0.2, 0.25) is 0 Å². The molecule has 0 atom stereocenters. The van der Waals surface area contributed by atoms with E-state index in [4.69, 9.17) is 39.9 Å². The third-order valence-corrected chi connectivity index (χ3v) is 23.5. The van der Waals surface area contributed by atoms with Crippen LogP contribution in [-0.2, 0) is 40.4 Å². The lowest BCUT2D eigenvalue weighted by molar-refractivity contribution is -0.104. The highest BCUT2D eigenvalue weighted by molar-refractivity contribution is 7.91. The van der Waals surface area contributed by atoms with Gasteiger partial charge >= 0.3 is 0 Å². The van der Waals surface area contributed by atoms with Crippen LogP contribution in [0.4, 0.5) is 40.6 Å². The first-order valence-electron chi connectivity index (χ1n) is 31.6. The summed E-state index contributed by atoms with van der Waals surface area (Å²) >= 11 is 4.69. The van der Waals surface area contributed by atoms with Crippen molar-refractivity contribution in [2.75, 3.05) is 85.0 Å². The normalized spacial score (nSPS) is 15.1. The Hall–Kier alpha value is -10.1. The van der Waals surface area contributed by atoms with Gasteiger partial charge in [-0.05, 0) is 119 Å². The van der Waals surface area contributed by atoms with Crippen molar-refractivity contribution in [1.29, 1.82) is 15.8 Å². The molecule has 0 amide bonds. The van der Waals surface area contributed by atoms with E-state index >= 15 is 0 Å². The number of nitrogens with zero attached hydrogens (tertiary/aromatic N) is 15. The largest absolute Gasteiger partial charge is 0.378 e. The van der Waals surface area contributed by atoms with Crippen LogP contribution in [0.1, 0.15) is 46.1 Å². The molecule has 0 saturated carbocycles. The van der Waals surface area contributed by atoms with Crippen molar-refractivity contribution in [1.82, 2.24) is 53.8 Å². The first-order chi connectivity index (χ1) is 47.8. The topological polar surface area (TPSA) is 314 Å². The fourth-order valence-electron chi connectivity index (χ4n) is 11.6. The summed E-state index contributed by atoms with van der Waals surface area (Å²) in [7, 11) is -6.69. The molecule has 0 bridgehead atoms. The summed E-state index contributed by atoms with van der Waals surface area (Å²) in [6, 6.07) is 44.5. The minimum Gasteiger partial charge on any atom is -0.378 e. The molecule has 3 N–H and O–H groups in total. The van der Waals surface area contributed by atoms with Crippen molar-refractivity contribution in [3.8, 4) is 52.0 Å². The van der Waals surface area contributed by atoms with E-state index in [1.165, 1.54) is 21.3 Å². The molecule has 11 heterocycles. The van der Waals surface area contributed by atoms with Crippen LogP contribution in [0.25, 0.3) is 64.4 Å². The number of benzene rings is 4. The number of nitriles is 3. The second-order valence-electron chi connectivity index (χ2n) is 25.1. The van der Waals surface area contributed by atoms with Crippen molar-refractivity contribution in [2.24, 2.45) is 5.41 Å². The number of anilines is 7. The van der Waals surface area contributed by atoms with Crippen molar-refractivity contribution in [3.63, 3.8) is 0 Å². The van der Waals surface area contributed by atoms with Crippen LogP contribution in [0, 0.1) is 39.4 Å². The summed E-state index contributed by atoms with van der Waals surface area (Å²) in [5.41, 5.74) is 10.2. The molecule has 4 aromatic carbocycles. The van der Waals surface area contributed by atoms with Crippen LogP contribution >= 0.6 is 34.0 Å². The SMILES string of the molecule is CC(C)(C)CS(=O)(=O)c1ccc(-c2nc(Nc3ccc(N4CCOCC4)cc3)nc3ccsc23)cc1.CCS(=O)(=O)N1CC(CC#N)(n2cc(-c3nc(Nc4ccc(C#N)cc4)nc4ccsc34)cn2)C1.N#CCC1(n2cc(-c3nc(Nc4ccccc4)nc4ccsc34)cn2)COC1. The van der Waals surface area contributed by atoms with Gasteiger partial charge in [-0.2, -0.15) is 30.3 Å². The van der Waals surface area contributed by atoms with E-state index in [-0.39, 0.29) is 42.0 Å². The number of sulfone groups is 1. The minimum absolute atomic E-state index is 0.0201. The Bertz CT molecular complexity index is 5250. The first kappa shape index (κ1) is 67.4. The van der Waals surface area contributed by atoms with E-state index in [0.29, 0.717) is 53.6 Å². The van der Waals surface area contributed by atoms with Gasteiger partial charge in [-0.15, -0.1) is 34.0 Å².